The van der Waals surface area contributed by atoms with Crippen molar-refractivity contribution in [2.24, 2.45) is 0 Å². The Labute approximate surface area is 163 Å². The number of hydrogen-bond donors (Lipinski definition) is 1. The Bertz CT molecular complexity index is 966. The Hall–Kier alpha value is -2.79. The highest BCUT2D eigenvalue weighted by Gasteiger charge is 2.15. The lowest BCUT2D eigenvalue weighted by molar-refractivity contribution is -0.118. The molecule has 0 bridgehead atoms. The smallest absolute Gasteiger partial charge is 0.262 e. The minimum Gasteiger partial charge on any atom is -0.483 e. The molecule has 0 spiro atoms. The highest BCUT2D eigenvalue weighted by Crippen LogP contribution is 2.22. The van der Waals surface area contributed by atoms with Crippen LogP contribution in [0.25, 0.3) is 0 Å². The zero-order valence-electron chi connectivity index (χ0n) is 15.6. The van der Waals surface area contributed by atoms with E-state index in [1.54, 1.807) is 0 Å². The van der Waals surface area contributed by atoms with E-state index in [0.29, 0.717) is 17.3 Å². The first kappa shape index (κ1) is 19.0. The number of aryl methyl sites for hydroxylation is 2. The molecule has 0 aliphatic carbocycles. The average Bonchev–Trinajstić information content (AvgIpc) is 2.88. The lowest BCUT2D eigenvalue weighted by Crippen LogP contribution is -2.21. The Morgan fingerprint density at radius 3 is 2.67 bits per heavy atom. The molecule has 0 unspecified atom stereocenters. The zero-order valence-corrected chi connectivity index (χ0v) is 16.4. The summed E-state index contributed by atoms with van der Waals surface area (Å²) >= 11 is 6.05. The summed E-state index contributed by atoms with van der Waals surface area (Å²) in [5.41, 5.74) is 4.41. The van der Waals surface area contributed by atoms with Crippen LogP contribution in [0.15, 0.2) is 48.5 Å². The molecule has 0 saturated carbocycles. The van der Waals surface area contributed by atoms with E-state index in [2.05, 4.69) is 10.4 Å². The molecule has 1 heterocycles. The van der Waals surface area contributed by atoms with Gasteiger partial charge in [0.15, 0.2) is 6.61 Å². The number of hydrogen-bond acceptors (Lipinski definition) is 3. The molecular weight excluding hydrogens is 362 g/mol. The third-order valence-corrected chi connectivity index (χ3v) is 4.55. The Morgan fingerprint density at radius 2 is 1.93 bits per heavy atom. The van der Waals surface area contributed by atoms with Gasteiger partial charge in [-0.25, -0.2) is 0 Å². The van der Waals surface area contributed by atoms with Crippen LogP contribution in [0.4, 0.5) is 5.69 Å². The van der Waals surface area contributed by atoms with Crippen molar-refractivity contribution < 1.29 is 9.53 Å². The molecule has 0 saturated heterocycles. The van der Waals surface area contributed by atoms with Gasteiger partial charge >= 0.3 is 0 Å². The molecule has 0 fully saturated rings. The Morgan fingerprint density at radius 1 is 1.15 bits per heavy atom. The van der Waals surface area contributed by atoms with Gasteiger partial charge in [0.25, 0.3) is 5.91 Å². The number of halogens is 1. The molecule has 1 aromatic heterocycles. The first-order valence-corrected chi connectivity index (χ1v) is 9.08. The van der Waals surface area contributed by atoms with Gasteiger partial charge in [-0.1, -0.05) is 41.9 Å². The maximum Gasteiger partial charge on any atom is 0.262 e. The summed E-state index contributed by atoms with van der Waals surface area (Å²) in [7, 11) is 0. The van der Waals surface area contributed by atoms with E-state index >= 15 is 0 Å². The van der Waals surface area contributed by atoms with Crippen molar-refractivity contribution in [2.45, 2.75) is 27.3 Å². The third kappa shape index (κ3) is 4.68. The Balaban J connectivity index is 1.67. The summed E-state index contributed by atoms with van der Waals surface area (Å²) in [5, 5.41) is 8.14. The quantitative estimate of drug-likeness (QED) is 0.680. The minimum atomic E-state index is -0.216. The maximum absolute atomic E-state index is 12.3. The van der Waals surface area contributed by atoms with Crippen LogP contribution in [-0.2, 0) is 11.3 Å². The van der Waals surface area contributed by atoms with Crippen molar-refractivity contribution in [1.82, 2.24) is 9.78 Å². The number of carbonyl (C=O) groups excluding carboxylic acids is 1. The highest BCUT2D eigenvalue weighted by molar-refractivity contribution is 6.30. The van der Waals surface area contributed by atoms with Crippen molar-refractivity contribution in [2.75, 3.05) is 11.9 Å². The summed E-state index contributed by atoms with van der Waals surface area (Å²) in [6, 6.07) is 15.3. The van der Waals surface area contributed by atoms with Gasteiger partial charge in [0.1, 0.15) is 5.75 Å². The van der Waals surface area contributed by atoms with E-state index in [1.807, 2.05) is 74.0 Å². The largest absolute Gasteiger partial charge is 0.483 e. The van der Waals surface area contributed by atoms with Gasteiger partial charge < -0.3 is 10.1 Å². The van der Waals surface area contributed by atoms with Crippen molar-refractivity contribution in [1.29, 1.82) is 0 Å². The number of anilines is 1. The first-order chi connectivity index (χ1) is 12.9. The zero-order chi connectivity index (χ0) is 19.4. The van der Waals surface area contributed by atoms with Crippen LogP contribution in [0, 0.1) is 20.8 Å². The maximum atomic E-state index is 12.3. The van der Waals surface area contributed by atoms with E-state index in [4.69, 9.17) is 16.3 Å². The molecule has 6 heteroatoms. The molecule has 0 radical (unpaired) electrons. The standard InChI is InChI=1S/C21H22ClN3O2/c1-14-7-4-5-10-19(14)27-13-20(26)23-21-15(2)24-25(16(21)3)12-17-8-6-9-18(22)11-17/h4-11H,12-13H2,1-3H3,(H,23,26). The van der Waals surface area contributed by atoms with Gasteiger partial charge in [0.2, 0.25) is 0 Å². The fourth-order valence-corrected chi connectivity index (χ4v) is 3.09. The number of carbonyl (C=O) groups is 1. The number of para-hydroxylation sites is 1. The molecule has 3 rings (SSSR count). The van der Waals surface area contributed by atoms with Crippen molar-refractivity contribution in [3.8, 4) is 5.75 Å². The van der Waals surface area contributed by atoms with E-state index in [-0.39, 0.29) is 12.5 Å². The SMILES string of the molecule is Cc1ccccc1OCC(=O)Nc1c(C)nn(Cc2cccc(Cl)c2)c1C. The molecule has 1 N–H and O–H groups in total. The Kier molecular flexibility index (Phi) is 5.81. The van der Waals surface area contributed by atoms with Gasteiger partial charge in [0.05, 0.1) is 23.6 Å². The molecule has 0 atom stereocenters. The van der Waals surface area contributed by atoms with Gasteiger partial charge in [-0.2, -0.15) is 5.10 Å². The van der Waals surface area contributed by atoms with Gasteiger partial charge in [0, 0.05) is 5.02 Å². The van der Waals surface area contributed by atoms with Crippen LogP contribution >= 0.6 is 11.6 Å². The summed E-state index contributed by atoms with van der Waals surface area (Å²) < 4.78 is 7.47. The van der Waals surface area contributed by atoms with Gasteiger partial charge in [-0.05, 0) is 50.1 Å². The number of amides is 1. The van der Waals surface area contributed by atoms with E-state index in [0.717, 1.165) is 28.2 Å². The van der Waals surface area contributed by atoms with Crippen LogP contribution in [0.2, 0.25) is 5.02 Å². The number of rotatable bonds is 6. The van der Waals surface area contributed by atoms with Crippen LogP contribution < -0.4 is 10.1 Å². The molecule has 0 aliphatic rings. The molecule has 140 valence electrons. The second-order valence-corrected chi connectivity index (χ2v) is 6.87. The molecule has 5 nitrogen and oxygen atoms in total. The highest BCUT2D eigenvalue weighted by atomic mass is 35.5. The second kappa shape index (κ2) is 8.27. The second-order valence-electron chi connectivity index (χ2n) is 6.44. The first-order valence-electron chi connectivity index (χ1n) is 8.71. The summed E-state index contributed by atoms with van der Waals surface area (Å²) in [6.45, 7) is 6.29. The molecular formula is C21H22ClN3O2. The molecule has 3 aromatic rings. The van der Waals surface area contributed by atoms with E-state index in [9.17, 15) is 4.79 Å². The van der Waals surface area contributed by atoms with Crippen LogP contribution in [0.5, 0.6) is 5.75 Å². The van der Waals surface area contributed by atoms with Crippen LogP contribution in [0.1, 0.15) is 22.5 Å². The van der Waals surface area contributed by atoms with Crippen molar-refractivity contribution in [3.63, 3.8) is 0 Å². The fourth-order valence-electron chi connectivity index (χ4n) is 2.88. The monoisotopic (exact) mass is 383 g/mol. The van der Waals surface area contributed by atoms with Crippen molar-refractivity contribution >= 4 is 23.2 Å². The number of ether oxygens (including phenoxy) is 1. The fraction of sp³-hybridized carbons (Fsp3) is 0.238. The lowest BCUT2D eigenvalue weighted by Gasteiger charge is -2.10. The molecule has 1 amide bonds. The summed E-state index contributed by atoms with van der Waals surface area (Å²) in [5.74, 6) is 0.490. The molecule has 0 aliphatic heterocycles. The van der Waals surface area contributed by atoms with Crippen molar-refractivity contribution in [3.05, 3.63) is 76.1 Å². The summed E-state index contributed by atoms with van der Waals surface area (Å²) in [4.78, 5) is 12.3. The normalized spacial score (nSPS) is 10.7. The number of aromatic nitrogens is 2. The summed E-state index contributed by atoms with van der Waals surface area (Å²) in [6.07, 6.45) is 0. The predicted molar refractivity (Wildman–Crippen MR) is 108 cm³/mol. The molecule has 2 aromatic carbocycles. The van der Waals surface area contributed by atoms with E-state index in [1.165, 1.54) is 0 Å². The number of nitrogens with zero attached hydrogens (tertiary/aromatic N) is 2. The predicted octanol–water partition coefficient (Wildman–Crippen LogP) is 4.53. The number of nitrogens with one attached hydrogen (secondary N) is 1. The third-order valence-electron chi connectivity index (χ3n) is 4.32. The number of benzene rings is 2. The average molecular weight is 384 g/mol. The lowest BCUT2D eigenvalue weighted by atomic mass is 10.2. The minimum absolute atomic E-state index is 0.0524. The van der Waals surface area contributed by atoms with Gasteiger partial charge in [-0.3, -0.25) is 9.48 Å². The van der Waals surface area contributed by atoms with Crippen LogP contribution in [0.3, 0.4) is 0 Å². The van der Waals surface area contributed by atoms with Gasteiger partial charge in [-0.15, -0.1) is 0 Å². The van der Waals surface area contributed by atoms with Crippen LogP contribution in [-0.4, -0.2) is 22.3 Å². The molecule has 27 heavy (non-hydrogen) atoms. The topological polar surface area (TPSA) is 56.1 Å². The van der Waals surface area contributed by atoms with E-state index < -0.39 is 0 Å².